The second kappa shape index (κ2) is 9.36. The van der Waals surface area contributed by atoms with Crippen LogP contribution in [0.1, 0.15) is 24.0 Å². The SMILES string of the molecule is COCCCCc1ccc(CCNc2nc(N)n3nc(-c4ccco4)nc3n2)cc1. The van der Waals surface area contributed by atoms with Gasteiger partial charge in [-0.05, 0) is 48.9 Å². The monoisotopic (exact) mass is 407 g/mol. The number of ether oxygens (including phenoxy) is 1. The van der Waals surface area contributed by atoms with Crippen LogP contribution in [0.5, 0.6) is 0 Å². The fourth-order valence-electron chi connectivity index (χ4n) is 3.16. The number of aryl methyl sites for hydroxylation is 1. The average molecular weight is 407 g/mol. The van der Waals surface area contributed by atoms with Gasteiger partial charge >= 0.3 is 0 Å². The first-order valence-corrected chi connectivity index (χ1v) is 9.98. The lowest BCUT2D eigenvalue weighted by molar-refractivity contribution is 0.193. The van der Waals surface area contributed by atoms with Crippen molar-refractivity contribution in [2.45, 2.75) is 25.7 Å². The fourth-order valence-corrected chi connectivity index (χ4v) is 3.16. The molecule has 0 bridgehead atoms. The normalized spacial score (nSPS) is 11.2. The van der Waals surface area contributed by atoms with Crippen LogP contribution in [0, 0.1) is 0 Å². The van der Waals surface area contributed by atoms with E-state index in [1.54, 1.807) is 25.5 Å². The number of methoxy groups -OCH3 is 1. The lowest BCUT2D eigenvalue weighted by atomic mass is 10.0. The summed E-state index contributed by atoms with van der Waals surface area (Å²) in [7, 11) is 1.74. The lowest BCUT2D eigenvalue weighted by Gasteiger charge is -2.07. The molecule has 0 radical (unpaired) electrons. The van der Waals surface area contributed by atoms with E-state index in [1.807, 2.05) is 0 Å². The van der Waals surface area contributed by atoms with Gasteiger partial charge in [-0.1, -0.05) is 24.3 Å². The molecular formula is C21H25N7O2. The van der Waals surface area contributed by atoms with Gasteiger partial charge in [-0.2, -0.15) is 19.5 Å². The number of hydrogen-bond donors (Lipinski definition) is 2. The second-order valence-electron chi connectivity index (χ2n) is 6.97. The van der Waals surface area contributed by atoms with E-state index in [2.05, 4.69) is 49.6 Å². The number of benzene rings is 1. The number of furan rings is 1. The molecule has 3 aromatic heterocycles. The molecule has 3 heterocycles. The number of aromatic nitrogens is 5. The first kappa shape index (κ1) is 19.8. The number of nitrogen functional groups attached to an aromatic ring is 1. The zero-order valence-corrected chi connectivity index (χ0v) is 16.9. The molecule has 0 aliphatic rings. The molecule has 0 aliphatic heterocycles. The summed E-state index contributed by atoms with van der Waals surface area (Å²) >= 11 is 0. The van der Waals surface area contributed by atoms with Gasteiger partial charge in [0, 0.05) is 20.3 Å². The van der Waals surface area contributed by atoms with Crippen molar-refractivity contribution in [2.24, 2.45) is 0 Å². The van der Waals surface area contributed by atoms with Crippen molar-refractivity contribution < 1.29 is 9.15 Å². The Morgan fingerprint density at radius 3 is 2.57 bits per heavy atom. The molecule has 0 spiro atoms. The van der Waals surface area contributed by atoms with Crippen LogP contribution in [-0.4, -0.2) is 44.8 Å². The Hall–Kier alpha value is -3.46. The van der Waals surface area contributed by atoms with Gasteiger partial charge in [0.25, 0.3) is 5.78 Å². The molecule has 1 aromatic carbocycles. The first-order valence-electron chi connectivity index (χ1n) is 9.98. The maximum atomic E-state index is 6.01. The number of hydrogen-bond acceptors (Lipinski definition) is 8. The molecule has 30 heavy (non-hydrogen) atoms. The minimum atomic E-state index is 0.214. The van der Waals surface area contributed by atoms with Gasteiger partial charge in [0.15, 0.2) is 5.76 Å². The summed E-state index contributed by atoms with van der Waals surface area (Å²) in [6.45, 7) is 1.50. The van der Waals surface area contributed by atoms with Crippen LogP contribution < -0.4 is 11.1 Å². The number of nitrogens with two attached hydrogens (primary N) is 1. The van der Waals surface area contributed by atoms with E-state index in [9.17, 15) is 0 Å². The number of nitrogens with one attached hydrogen (secondary N) is 1. The van der Waals surface area contributed by atoms with Gasteiger partial charge < -0.3 is 20.2 Å². The van der Waals surface area contributed by atoms with Crippen LogP contribution in [0.3, 0.4) is 0 Å². The summed E-state index contributed by atoms with van der Waals surface area (Å²) in [6, 6.07) is 12.3. The van der Waals surface area contributed by atoms with E-state index in [1.165, 1.54) is 15.6 Å². The van der Waals surface area contributed by atoms with Crippen LogP contribution in [0.4, 0.5) is 11.9 Å². The smallest absolute Gasteiger partial charge is 0.259 e. The van der Waals surface area contributed by atoms with Crippen molar-refractivity contribution in [3.63, 3.8) is 0 Å². The van der Waals surface area contributed by atoms with Crippen molar-refractivity contribution >= 4 is 17.7 Å². The molecule has 0 saturated heterocycles. The summed E-state index contributed by atoms with van der Waals surface area (Å²) in [5.74, 6) is 1.98. The highest BCUT2D eigenvalue weighted by molar-refractivity contribution is 5.52. The van der Waals surface area contributed by atoms with E-state index in [4.69, 9.17) is 14.9 Å². The van der Waals surface area contributed by atoms with Crippen LogP contribution in [0.2, 0.25) is 0 Å². The summed E-state index contributed by atoms with van der Waals surface area (Å²) in [5, 5.41) is 7.50. The minimum absolute atomic E-state index is 0.214. The summed E-state index contributed by atoms with van der Waals surface area (Å²) in [5.41, 5.74) is 8.61. The Kier molecular flexibility index (Phi) is 6.19. The Morgan fingerprint density at radius 2 is 1.83 bits per heavy atom. The zero-order chi connectivity index (χ0) is 20.8. The Morgan fingerprint density at radius 1 is 1.03 bits per heavy atom. The van der Waals surface area contributed by atoms with Gasteiger partial charge in [-0.3, -0.25) is 0 Å². The highest BCUT2D eigenvalue weighted by atomic mass is 16.5. The summed E-state index contributed by atoms with van der Waals surface area (Å²) < 4.78 is 11.8. The second-order valence-corrected chi connectivity index (χ2v) is 6.97. The Labute approximate surface area is 174 Å². The quantitative estimate of drug-likeness (QED) is 0.385. The molecule has 0 unspecified atom stereocenters. The van der Waals surface area contributed by atoms with E-state index in [0.29, 0.717) is 29.9 Å². The predicted octanol–water partition coefficient (Wildman–Crippen LogP) is 2.99. The third kappa shape index (κ3) is 4.74. The summed E-state index contributed by atoms with van der Waals surface area (Å²) in [4.78, 5) is 13.0. The largest absolute Gasteiger partial charge is 0.461 e. The van der Waals surface area contributed by atoms with Gasteiger partial charge in [0.2, 0.25) is 17.7 Å². The molecular weight excluding hydrogens is 382 g/mol. The molecule has 156 valence electrons. The molecule has 4 rings (SSSR count). The van der Waals surface area contributed by atoms with Crippen molar-refractivity contribution in [1.29, 1.82) is 0 Å². The molecule has 0 saturated carbocycles. The Bertz CT molecular complexity index is 1070. The van der Waals surface area contributed by atoms with Crippen molar-refractivity contribution in [3.8, 4) is 11.6 Å². The van der Waals surface area contributed by atoms with Gasteiger partial charge in [-0.15, -0.1) is 5.10 Å². The van der Waals surface area contributed by atoms with Crippen molar-refractivity contribution in [1.82, 2.24) is 24.6 Å². The molecule has 4 aromatic rings. The zero-order valence-electron chi connectivity index (χ0n) is 16.9. The van der Waals surface area contributed by atoms with Crippen LogP contribution in [-0.2, 0) is 17.6 Å². The number of fused-ring (bicyclic) bond motifs is 1. The highest BCUT2D eigenvalue weighted by Gasteiger charge is 2.13. The Balaban J connectivity index is 1.33. The minimum Gasteiger partial charge on any atom is -0.461 e. The molecule has 9 heteroatoms. The van der Waals surface area contributed by atoms with E-state index >= 15 is 0 Å². The maximum Gasteiger partial charge on any atom is 0.259 e. The van der Waals surface area contributed by atoms with E-state index in [-0.39, 0.29) is 5.95 Å². The van der Waals surface area contributed by atoms with Crippen molar-refractivity contribution in [3.05, 3.63) is 53.8 Å². The van der Waals surface area contributed by atoms with Crippen LogP contribution in [0.15, 0.2) is 47.1 Å². The lowest BCUT2D eigenvalue weighted by Crippen LogP contribution is -2.12. The topological polar surface area (TPSA) is 116 Å². The number of nitrogens with zero attached hydrogens (tertiary/aromatic N) is 5. The standard InChI is InChI=1S/C21H25N7O2/c1-29-13-3-2-5-15-7-9-16(10-8-15)11-12-23-20-25-19(22)28-21(26-20)24-18(27-28)17-6-4-14-30-17/h4,6-10,14H,2-3,5,11-13H2,1H3,(H3,22,23,24,25,26,27). The molecule has 0 fully saturated rings. The van der Waals surface area contributed by atoms with Gasteiger partial charge in [0.05, 0.1) is 6.26 Å². The third-order valence-electron chi connectivity index (χ3n) is 4.76. The number of anilines is 2. The average Bonchev–Trinajstić information content (AvgIpc) is 3.42. The maximum absolute atomic E-state index is 6.01. The summed E-state index contributed by atoms with van der Waals surface area (Å²) in [6.07, 6.45) is 5.72. The molecule has 0 aliphatic carbocycles. The number of rotatable bonds is 10. The van der Waals surface area contributed by atoms with Crippen LogP contribution >= 0.6 is 0 Å². The molecule has 0 amide bonds. The van der Waals surface area contributed by atoms with E-state index < -0.39 is 0 Å². The van der Waals surface area contributed by atoms with Crippen LogP contribution in [0.25, 0.3) is 17.4 Å². The predicted molar refractivity (Wildman–Crippen MR) is 114 cm³/mol. The van der Waals surface area contributed by atoms with Crippen molar-refractivity contribution in [2.75, 3.05) is 31.3 Å². The van der Waals surface area contributed by atoms with Gasteiger partial charge in [0.1, 0.15) is 0 Å². The molecule has 9 nitrogen and oxygen atoms in total. The molecule has 0 atom stereocenters. The molecule has 3 N–H and O–H groups in total. The first-order chi connectivity index (χ1) is 14.7. The highest BCUT2D eigenvalue weighted by Crippen LogP contribution is 2.17. The van der Waals surface area contributed by atoms with Gasteiger partial charge in [-0.25, -0.2) is 0 Å². The number of unbranched alkanes of at least 4 members (excludes halogenated alkanes) is 1. The fraction of sp³-hybridized carbons (Fsp3) is 0.333. The van der Waals surface area contributed by atoms with E-state index in [0.717, 1.165) is 32.3 Å². The third-order valence-corrected chi connectivity index (χ3v) is 4.76.